The number of rotatable bonds is 7. The molecule has 7 nitrogen and oxygen atoms in total. The lowest BCUT2D eigenvalue weighted by Crippen LogP contribution is -2.36. The maximum absolute atomic E-state index is 12.6. The van der Waals surface area contributed by atoms with Crippen LogP contribution in [0.2, 0.25) is 0 Å². The number of thioether (sulfide) groups is 1. The molecule has 2 aromatic rings. The normalized spacial score (nSPS) is 19.7. The first kappa shape index (κ1) is 19.6. The first-order chi connectivity index (χ1) is 12.9. The average Bonchev–Trinajstić information content (AvgIpc) is 3.03. The summed E-state index contributed by atoms with van der Waals surface area (Å²) in [5.41, 5.74) is 1.41. The quantitative estimate of drug-likeness (QED) is 0.598. The molecule has 0 bridgehead atoms. The number of aliphatic carboxylic acids is 2. The Bertz CT molecular complexity index is 867. The van der Waals surface area contributed by atoms with Crippen molar-refractivity contribution in [2.24, 2.45) is 11.8 Å². The number of amides is 1. The first-order valence-corrected chi connectivity index (χ1v) is 10.5. The minimum Gasteiger partial charge on any atom is -0.481 e. The minimum atomic E-state index is -0.907. The number of thiazole rings is 1. The molecular formula is C18H20N2O5S2. The van der Waals surface area contributed by atoms with Gasteiger partial charge in [0.05, 0.1) is 28.5 Å². The van der Waals surface area contributed by atoms with Crippen LogP contribution in [0.3, 0.4) is 0 Å². The molecule has 1 fully saturated rings. The van der Waals surface area contributed by atoms with Gasteiger partial charge < -0.3 is 15.5 Å². The van der Waals surface area contributed by atoms with E-state index in [0.29, 0.717) is 24.3 Å². The van der Waals surface area contributed by atoms with Crippen molar-refractivity contribution in [2.75, 3.05) is 11.1 Å². The van der Waals surface area contributed by atoms with Crippen LogP contribution in [0, 0.1) is 11.8 Å². The third kappa shape index (κ3) is 4.98. The molecule has 0 spiro atoms. The summed E-state index contributed by atoms with van der Waals surface area (Å²) in [6.45, 7) is 0. The summed E-state index contributed by atoms with van der Waals surface area (Å²) < 4.78 is 1.68. The topological polar surface area (TPSA) is 117 Å². The molecule has 1 aliphatic rings. The van der Waals surface area contributed by atoms with E-state index in [0.717, 1.165) is 27.4 Å². The third-order valence-corrected chi connectivity index (χ3v) is 6.76. The van der Waals surface area contributed by atoms with Gasteiger partial charge in [-0.05, 0) is 31.0 Å². The number of carboxylic acids is 2. The van der Waals surface area contributed by atoms with Crippen LogP contribution in [-0.4, -0.2) is 38.8 Å². The summed E-state index contributed by atoms with van der Waals surface area (Å²) in [5.74, 6) is -2.66. The van der Waals surface area contributed by atoms with E-state index >= 15 is 0 Å². The van der Waals surface area contributed by atoms with Crippen LogP contribution in [0.1, 0.15) is 32.1 Å². The average molecular weight is 409 g/mol. The van der Waals surface area contributed by atoms with Crippen LogP contribution in [0.15, 0.2) is 22.5 Å². The van der Waals surface area contributed by atoms with E-state index < -0.39 is 23.8 Å². The molecule has 1 saturated carbocycles. The fourth-order valence-corrected chi connectivity index (χ4v) is 5.35. The second kappa shape index (κ2) is 8.71. The van der Waals surface area contributed by atoms with Crippen molar-refractivity contribution >= 4 is 56.8 Å². The van der Waals surface area contributed by atoms with Crippen molar-refractivity contribution in [1.82, 2.24) is 4.98 Å². The highest BCUT2D eigenvalue weighted by Crippen LogP contribution is 2.33. The van der Waals surface area contributed by atoms with Crippen LogP contribution in [-0.2, 0) is 14.4 Å². The lowest BCUT2D eigenvalue weighted by molar-refractivity contribution is -0.147. The highest BCUT2D eigenvalue weighted by Gasteiger charge is 2.35. The highest BCUT2D eigenvalue weighted by molar-refractivity contribution is 8.01. The molecule has 1 amide bonds. The Hall–Kier alpha value is -2.13. The molecule has 1 heterocycles. The molecule has 1 aliphatic carbocycles. The molecule has 0 aliphatic heterocycles. The fourth-order valence-electron chi connectivity index (χ4n) is 3.24. The van der Waals surface area contributed by atoms with E-state index in [1.807, 2.05) is 6.07 Å². The van der Waals surface area contributed by atoms with Crippen molar-refractivity contribution in [1.29, 1.82) is 0 Å². The van der Waals surface area contributed by atoms with Crippen LogP contribution in [0.25, 0.3) is 10.2 Å². The van der Waals surface area contributed by atoms with E-state index in [2.05, 4.69) is 10.3 Å². The van der Waals surface area contributed by atoms with Crippen molar-refractivity contribution in [3.8, 4) is 0 Å². The van der Waals surface area contributed by atoms with Gasteiger partial charge in [-0.25, -0.2) is 4.98 Å². The van der Waals surface area contributed by atoms with Gasteiger partial charge in [-0.3, -0.25) is 14.4 Å². The summed E-state index contributed by atoms with van der Waals surface area (Å²) in [7, 11) is 0. The molecular weight excluding hydrogens is 388 g/mol. The predicted octanol–water partition coefficient (Wildman–Crippen LogP) is 3.69. The van der Waals surface area contributed by atoms with Crippen LogP contribution in [0.5, 0.6) is 0 Å². The Labute approximate surface area is 164 Å². The summed E-state index contributed by atoms with van der Waals surface area (Å²) in [4.78, 5) is 39.0. The van der Waals surface area contributed by atoms with Crippen molar-refractivity contribution in [3.63, 3.8) is 0 Å². The van der Waals surface area contributed by atoms with E-state index in [4.69, 9.17) is 5.11 Å². The standard InChI is InChI=1S/C18H20N2O5S2/c21-15(22)7-8-26-18-20-13-6-5-10(9-14(13)27-18)19-16(23)11-3-1-2-4-12(11)17(24)25/h5-6,9,11-12H,1-4,7-8H2,(H,19,23)(H,21,22)(H,24,25)/t11-,12-/m1/s1. The lowest BCUT2D eigenvalue weighted by atomic mass is 9.78. The van der Waals surface area contributed by atoms with Crippen molar-refractivity contribution < 1.29 is 24.6 Å². The number of benzene rings is 1. The Morgan fingerprint density at radius 1 is 1.19 bits per heavy atom. The third-order valence-electron chi connectivity index (χ3n) is 4.60. The Morgan fingerprint density at radius 2 is 1.93 bits per heavy atom. The second-order valence-electron chi connectivity index (χ2n) is 6.48. The molecule has 0 saturated heterocycles. The Kier molecular flexibility index (Phi) is 6.33. The molecule has 144 valence electrons. The van der Waals surface area contributed by atoms with E-state index in [-0.39, 0.29) is 12.3 Å². The second-order valence-corrected chi connectivity index (χ2v) is 8.85. The van der Waals surface area contributed by atoms with Gasteiger partial charge in [0.15, 0.2) is 4.34 Å². The van der Waals surface area contributed by atoms with Gasteiger partial charge in [-0.1, -0.05) is 24.6 Å². The van der Waals surface area contributed by atoms with Gasteiger partial charge in [-0.15, -0.1) is 11.3 Å². The zero-order valence-electron chi connectivity index (χ0n) is 14.5. The minimum absolute atomic E-state index is 0.0774. The van der Waals surface area contributed by atoms with E-state index in [9.17, 15) is 19.5 Å². The SMILES string of the molecule is O=C(O)CCSc1nc2ccc(NC(=O)[C@@H]3CCCC[C@H]3C(=O)O)cc2s1. The van der Waals surface area contributed by atoms with Crippen LogP contribution >= 0.6 is 23.1 Å². The Morgan fingerprint density at radius 3 is 2.63 bits per heavy atom. The van der Waals surface area contributed by atoms with Gasteiger partial charge in [0.2, 0.25) is 5.91 Å². The Balaban J connectivity index is 1.68. The van der Waals surface area contributed by atoms with E-state index in [1.165, 1.54) is 23.1 Å². The van der Waals surface area contributed by atoms with Crippen LogP contribution in [0.4, 0.5) is 5.69 Å². The van der Waals surface area contributed by atoms with Gasteiger partial charge in [-0.2, -0.15) is 0 Å². The zero-order chi connectivity index (χ0) is 19.4. The van der Waals surface area contributed by atoms with Crippen molar-refractivity contribution in [3.05, 3.63) is 18.2 Å². The molecule has 1 aromatic carbocycles. The smallest absolute Gasteiger partial charge is 0.307 e. The van der Waals surface area contributed by atoms with Gasteiger partial charge in [0.25, 0.3) is 0 Å². The summed E-state index contributed by atoms with van der Waals surface area (Å²) in [6, 6.07) is 5.38. The van der Waals surface area contributed by atoms with Crippen molar-refractivity contribution in [2.45, 2.75) is 36.4 Å². The number of nitrogens with one attached hydrogen (secondary N) is 1. The molecule has 0 unspecified atom stereocenters. The molecule has 1 aromatic heterocycles. The molecule has 3 N–H and O–H groups in total. The highest BCUT2D eigenvalue weighted by atomic mass is 32.2. The van der Waals surface area contributed by atoms with Gasteiger partial charge in [0.1, 0.15) is 0 Å². The summed E-state index contributed by atoms with van der Waals surface area (Å²) in [6.07, 6.45) is 2.92. The lowest BCUT2D eigenvalue weighted by Gasteiger charge is -2.27. The molecule has 3 rings (SSSR count). The van der Waals surface area contributed by atoms with E-state index in [1.54, 1.807) is 12.1 Å². The number of nitrogens with zero attached hydrogens (tertiary/aromatic N) is 1. The summed E-state index contributed by atoms with van der Waals surface area (Å²) in [5, 5.41) is 20.9. The number of carbonyl (C=O) groups excluding carboxylic acids is 1. The predicted molar refractivity (Wildman–Crippen MR) is 104 cm³/mol. The number of hydrogen-bond acceptors (Lipinski definition) is 6. The monoisotopic (exact) mass is 408 g/mol. The zero-order valence-corrected chi connectivity index (χ0v) is 16.1. The first-order valence-electron chi connectivity index (χ1n) is 8.73. The number of carbonyl (C=O) groups is 3. The maximum atomic E-state index is 12.6. The molecule has 9 heteroatoms. The number of anilines is 1. The van der Waals surface area contributed by atoms with Gasteiger partial charge >= 0.3 is 11.9 Å². The largest absolute Gasteiger partial charge is 0.481 e. The molecule has 2 atom stereocenters. The number of hydrogen-bond donors (Lipinski definition) is 3. The molecule has 27 heavy (non-hydrogen) atoms. The fraction of sp³-hybridized carbons (Fsp3) is 0.444. The summed E-state index contributed by atoms with van der Waals surface area (Å²) >= 11 is 2.84. The number of carboxylic acid groups (broad SMARTS) is 2. The van der Waals surface area contributed by atoms with Gasteiger partial charge in [0, 0.05) is 11.4 Å². The number of fused-ring (bicyclic) bond motifs is 1. The maximum Gasteiger partial charge on any atom is 0.307 e. The number of aromatic nitrogens is 1. The van der Waals surface area contributed by atoms with Crippen LogP contribution < -0.4 is 5.32 Å². The molecule has 0 radical (unpaired) electrons.